The van der Waals surface area contributed by atoms with Crippen LogP contribution < -0.4 is 0 Å². The molecule has 22 heavy (non-hydrogen) atoms. The molecule has 1 amide bonds. The third-order valence-electron chi connectivity index (χ3n) is 4.02. The number of amides is 1. The number of ether oxygens (including phenoxy) is 1. The Morgan fingerprint density at radius 3 is 2.77 bits per heavy atom. The number of fused-ring (bicyclic) bond motifs is 1. The van der Waals surface area contributed by atoms with E-state index in [9.17, 15) is 23.2 Å². The normalized spacial score (nSPS) is 24.5. The zero-order chi connectivity index (χ0) is 15.9. The van der Waals surface area contributed by atoms with Crippen LogP contribution in [0.3, 0.4) is 0 Å². The van der Waals surface area contributed by atoms with E-state index in [1.54, 1.807) is 0 Å². The first-order valence-electron chi connectivity index (χ1n) is 6.95. The van der Waals surface area contributed by atoms with Crippen molar-refractivity contribution in [2.45, 2.75) is 31.2 Å². The number of carbonyl (C=O) groups excluding carboxylic acids is 1. The molecule has 3 rings (SSSR count). The molecule has 0 aromatic heterocycles. The Morgan fingerprint density at radius 1 is 1.41 bits per heavy atom. The minimum Gasteiger partial charge on any atom is -0.376 e. The third-order valence-corrected chi connectivity index (χ3v) is 4.02. The second-order valence-electron chi connectivity index (χ2n) is 5.42. The molecule has 1 fully saturated rings. The minimum absolute atomic E-state index is 0.125. The van der Waals surface area contributed by atoms with Gasteiger partial charge in [0.1, 0.15) is 6.04 Å². The lowest BCUT2D eigenvalue weighted by molar-refractivity contribution is -0.137. The number of rotatable bonds is 2. The van der Waals surface area contributed by atoms with Crippen LogP contribution in [0.15, 0.2) is 18.2 Å². The van der Waals surface area contributed by atoms with E-state index in [-0.39, 0.29) is 23.8 Å². The summed E-state index contributed by atoms with van der Waals surface area (Å²) >= 11 is 0. The van der Waals surface area contributed by atoms with Gasteiger partial charge in [-0.15, -0.1) is 0 Å². The lowest BCUT2D eigenvalue weighted by Gasteiger charge is -2.23. The van der Waals surface area contributed by atoms with Gasteiger partial charge in [-0.05, 0) is 31.0 Å². The van der Waals surface area contributed by atoms with Gasteiger partial charge in [0.2, 0.25) is 0 Å². The maximum Gasteiger partial charge on any atom is 0.416 e. The summed E-state index contributed by atoms with van der Waals surface area (Å²) in [7, 11) is 0. The molecule has 0 saturated carbocycles. The van der Waals surface area contributed by atoms with Crippen molar-refractivity contribution in [3.63, 3.8) is 0 Å². The average Bonchev–Trinajstić information content (AvgIpc) is 3.06. The highest BCUT2D eigenvalue weighted by Gasteiger charge is 2.41. The second kappa shape index (κ2) is 5.29. The largest absolute Gasteiger partial charge is 0.416 e. The fraction of sp³-hybridized carbons (Fsp3) is 0.467. The maximum atomic E-state index is 12.8. The molecule has 0 N–H and O–H groups in total. The van der Waals surface area contributed by atoms with Crippen LogP contribution in [-0.2, 0) is 10.9 Å². The van der Waals surface area contributed by atoms with Crippen molar-refractivity contribution >= 4 is 5.91 Å². The quantitative estimate of drug-likeness (QED) is 0.844. The zero-order valence-electron chi connectivity index (χ0n) is 11.6. The Hall–Kier alpha value is -2.07. The highest BCUT2D eigenvalue weighted by molar-refractivity contribution is 5.99. The SMILES string of the molecule is N#CC1c2cc(C(F)(F)F)ccc2C(=O)N1CC1CCCO1. The second-order valence-corrected chi connectivity index (χ2v) is 5.42. The number of nitriles is 1. The van der Waals surface area contributed by atoms with Gasteiger partial charge in [0, 0.05) is 24.3 Å². The Morgan fingerprint density at radius 2 is 2.18 bits per heavy atom. The van der Waals surface area contributed by atoms with Gasteiger partial charge in [-0.25, -0.2) is 0 Å². The van der Waals surface area contributed by atoms with E-state index in [0.717, 1.165) is 31.0 Å². The van der Waals surface area contributed by atoms with Gasteiger partial charge in [0.15, 0.2) is 0 Å². The maximum absolute atomic E-state index is 12.8. The van der Waals surface area contributed by atoms with E-state index >= 15 is 0 Å². The summed E-state index contributed by atoms with van der Waals surface area (Å²) in [5, 5.41) is 9.30. The molecule has 1 aromatic carbocycles. The van der Waals surface area contributed by atoms with Crippen molar-refractivity contribution in [3.05, 3.63) is 34.9 Å². The molecule has 1 saturated heterocycles. The minimum atomic E-state index is -4.50. The molecule has 2 unspecified atom stereocenters. The third kappa shape index (κ3) is 2.44. The molecule has 0 aliphatic carbocycles. The van der Waals surface area contributed by atoms with E-state index in [2.05, 4.69) is 0 Å². The fourth-order valence-electron chi connectivity index (χ4n) is 2.94. The average molecular weight is 310 g/mol. The van der Waals surface area contributed by atoms with Gasteiger partial charge in [-0.3, -0.25) is 4.79 Å². The molecular formula is C15H13F3N2O2. The summed E-state index contributed by atoms with van der Waals surface area (Å²) in [6, 6.07) is 3.87. The Balaban J connectivity index is 1.93. The topological polar surface area (TPSA) is 53.3 Å². The summed E-state index contributed by atoms with van der Waals surface area (Å²) in [4.78, 5) is 13.7. The molecule has 4 nitrogen and oxygen atoms in total. The molecule has 116 valence electrons. The van der Waals surface area contributed by atoms with Crippen LogP contribution >= 0.6 is 0 Å². The van der Waals surface area contributed by atoms with Crippen LogP contribution in [0.2, 0.25) is 0 Å². The van der Waals surface area contributed by atoms with Gasteiger partial charge < -0.3 is 9.64 Å². The summed E-state index contributed by atoms with van der Waals surface area (Å²) in [5.74, 6) is -0.411. The highest BCUT2D eigenvalue weighted by Crippen LogP contribution is 2.38. The number of hydrogen-bond donors (Lipinski definition) is 0. The van der Waals surface area contributed by atoms with E-state index in [0.29, 0.717) is 6.61 Å². The van der Waals surface area contributed by atoms with Crippen LogP contribution in [-0.4, -0.2) is 30.1 Å². The Labute approximate surface area is 125 Å². The monoisotopic (exact) mass is 310 g/mol. The lowest BCUT2D eigenvalue weighted by atomic mass is 10.0. The van der Waals surface area contributed by atoms with Crippen LogP contribution in [0, 0.1) is 11.3 Å². The number of halogens is 3. The van der Waals surface area contributed by atoms with Crippen molar-refractivity contribution in [2.75, 3.05) is 13.2 Å². The number of carbonyl (C=O) groups is 1. The van der Waals surface area contributed by atoms with Gasteiger partial charge in [-0.1, -0.05) is 0 Å². The zero-order valence-corrected chi connectivity index (χ0v) is 11.6. The number of alkyl halides is 3. The van der Waals surface area contributed by atoms with Gasteiger partial charge in [0.25, 0.3) is 5.91 Å². The molecule has 0 spiro atoms. The molecule has 1 aromatic rings. The van der Waals surface area contributed by atoms with Crippen LogP contribution in [0.25, 0.3) is 0 Å². The molecule has 0 radical (unpaired) electrons. The Bertz CT molecular complexity index is 645. The number of nitrogens with zero attached hydrogens (tertiary/aromatic N) is 2. The summed E-state index contributed by atoms with van der Waals surface area (Å²) < 4.78 is 43.9. The van der Waals surface area contributed by atoms with Crippen molar-refractivity contribution < 1.29 is 22.7 Å². The Kier molecular flexibility index (Phi) is 3.57. The predicted molar refractivity (Wildman–Crippen MR) is 69.8 cm³/mol. The first-order chi connectivity index (χ1) is 10.4. The van der Waals surface area contributed by atoms with Crippen LogP contribution in [0.5, 0.6) is 0 Å². The van der Waals surface area contributed by atoms with E-state index in [4.69, 9.17) is 4.74 Å². The molecule has 2 aliphatic rings. The highest BCUT2D eigenvalue weighted by atomic mass is 19.4. The predicted octanol–water partition coefficient (Wildman–Crippen LogP) is 2.90. The first-order valence-corrected chi connectivity index (χ1v) is 6.95. The molecule has 2 aliphatic heterocycles. The van der Waals surface area contributed by atoms with E-state index in [1.807, 2.05) is 6.07 Å². The van der Waals surface area contributed by atoms with E-state index in [1.165, 1.54) is 4.90 Å². The fourth-order valence-corrected chi connectivity index (χ4v) is 2.94. The lowest BCUT2D eigenvalue weighted by Crippen LogP contribution is -2.34. The first kappa shape index (κ1) is 14.9. The van der Waals surface area contributed by atoms with E-state index < -0.39 is 23.7 Å². The molecule has 2 heterocycles. The summed E-state index contributed by atoms with van der Waals surface area (Å²) in [6.45, 7) is 0.835. The van der Waals surface area contributed by atoms with Crippen molar-refractivity contribution in [1.29, 1.82) is 5.26 Å². The number of benzene rings is 1. The van der Waals surface area contributed by atoms with Gasteiger partial charge in [-0.2, -0.15) is 18.4 Å². The smallest absolute Gasteiger partial charge is 0.376 e. The van der Waals surface area contributed by atoms with Crippen molar-refractivity contribution in [3.8, 4) is 6.07 Å². The molecule has 0 bridgehead atoms. The number of hydrogen-bond acceptors (Lipinski definition) is 3. The van der Waals surface area contributed by atoms with Crippen LogP contribution in [0.4, 0.5) is 13.2 Å². The summed E-state index contributed by atoms with van der Waals surface area (Å²) in [5.41, 5.74) is -0.559. The summed E-state index contributed by atoms with van der Waals surface area (Å²) in [6.07, 6.45) is -2.99. The standard InChI is InChI=1S/C15H13F3N2O2/c16-15(17,18)9-3-4-11-12(6-9)13(7-19)20(14(11)21)8-10-2-1-5-22-10/h3-4,6,10,13H,1-2,5,8H2. The molecular weight excluding hydrogens is 297 g/mol. The molecule has 2 atom stereocenters. The van der Waals surface area contributed by atoms with Crippen molar-refractivity contribution in [1.82, 2.24) is 4.90 Å². The molecule has 7 heteroatoms. The van der Waals surface area contributed by atoms with Gasteiger partial charge in [0.05, 0.1) is 17.7 Å². The van der Waals surface area contributed by atoms with Gasteiger partial charge >= 0.3 is 6.18 Å². The van der Waals surface area contributed by atoms with Crippen molar-refractivity contribution in [2.24, 2.45) is 0 Å². The van der Waals surface area contributed by atoms with Crippen LogP contribution in [0.1, 0.15) is 40.4 Å².